The highest BCUT2D eigenvalue weighted by atomic mass is 79.9. The lowest BCUT2D eigenvalue weighted by atomic mass is 9.64. The molecule has 1 aliphatic carbocycles. The molecular formula is C14H18BrNO3. The Morgan fingerprint density at radius 1 is 1.37 bits per heavy atom. The van der Waals surface area contributed by atoms with E-state index in [9.17, 15) is 4.79 Å². The van der Waals surface area contributed by atoms with E-state index in [1.807, 2.05) is 6.07 Å². The van der Waals surface area contributed by atoms with Crippen LogP contribution in [0.1, 0.15) is 35.2 Å². The SMILES string of the molecule is COc1c(C2(CN)CCC2)cc(Br)c(C=O)c1OC. The van der Waals surface area contributed by atoms with Crippen LogP contribution in [-0.4, -0.2) is 27.1 Å². The normalized spacial score (nSPS) is 16.6. The largest absolute Gasteiger partial charge is 0.493 e. The van der Waals surface area contributed by atoms with Crippen LogP contribution in [0.2, 0.25) is 0 Å². The number of carbonyl (C=O) groups excluding carboxylic acids is 1. The average Bonchev–Trinajstić information content (AvgIpc) is 2.37. The van der Waals surface area contributed by atoms with Gasteiger partial charge in [-0.3, -0.25) is 4.79 Å². The highest BCUT2D eigenvalue weighted by Crippen LogP contribution is 2.51. The van der Waals surface area contributed by atoms with E-state index in [1.165, 1.54) is 7.11 Å². The molecule has 2 rings (SSSR count). The fourth-order valence-corrected chi connectivity index (χ4v) is 3.22. The Bertz CT molecular complexity index is 492. The summed E-state index contributed by atoms with van der Waals surface area (Å²) < 4.78 is 11.6. The summed E-state index contributed by atoms with van der Waals surface area (Å²) in [5.74, 6) is 1.10. The fraction of sp³-hybridized carbons (Fsp3) is 0.500. The molecule has 1 aromatic rings. The van der Waals surface area contributed by atoms with Crippen molar-refractivity contribution in [3.63, 3.8) is 0 Å². The van der Waals surface area contributed by atoms with Gasteiger partial charge in [0.1, 0.15) is 0 Å². The van der Waals surface area contributed by atoms with Gasteiger partial charge in [0.05, 0.1) is 19.8 Å². The minimum absolute atomic E-state index is 0.0530. The second-order valence-electron chi connectivity index (χ2n) is 4.84. The van der Waals surface area contributed by atoms with Gasteiger partial charge in [-0.2, -0.15) is 0 Å². The van der Waals surface area contributed by atoms with E-state index in [2.05, 4.69) is 15.9 Å². The molecule has 0 aromatic heterocycles. The summed E-state index contributed by atoms with van der Waals surface area (Å²) in [6.45, 7) is 0.569. The number of hydrogen-bond acceptors (Lipinski definition) is 4. The molecule has 0 unspecified atom stereocenters. The Balaban J connectivity index is 2.67. The van der Waals surface area contributed by atoms with Crippen molar-refractivity contribution in [1.82, 2.24) is 0 Å². The topological polar surface area (TPSA) is 61.5 Å². The number of benzene rings is 1. The van der Waals surface area contributed by atoms with Crippen LogP contribution in [0.15, 0.2) is 10.5 Å². The van der Waals surface area contributed by atoms with Gasteiger partial charge in [-0.1, -0.05) is 6.42 Å². The van der Waals surface area contributed by atoms with Crippen molar-refractivity contribution in [3.8, 4) is 11.5 Å². The molecular weight excluding hydrogens is 310 g/mol. The Morgan fingerprint density at radius 3 is 2.37 bits per heavy atom. The quantitative estimate of drug-likeness (QED) is 0.844. The summed E-state index contributed by atoms with van der Waals surface area (Å²) in [5, 5.41) is 0. The van der Waals surface area contributed by atoms with Gasteiger partial charge in [0, 0.05) is 22.0 Å². The molecule has 1 aliphatic rings. The molecule has 2 N–H and O–H groups in total. The maximum absolute atomic E-state index is 11.2. The van der Waals surface area contributed by atoms with Crippen LogP contribution in [0.25, 0.3) is 0 Å². The minimum atomic E-state index is -0.0530. The van der Waals surface area contributed by atoms with Crippen LogP contribution in [0.3, 0.4) is 0 Å². The van der Waals surface area contributed by atoms with Crippen molar-refractivity contribution < 1.29 is 14.3 Å². The van der Waals surface area contributed by atoms with Crippen LogP contribution < -0.4 is 15.2 Å². The van der Waals surface area contributed by atoms with Gasteiger partial charge in [-0.15, -0.1) is 0 Å². The molecule has 0 bridgehead atoms. The molecule has 0 heterocycles. The summed E-state index contributed by atoms with van der Waals surface area (Å²) in [7, 11) is 3.13. The maximum Gasteiger partial charge on any atom is 0.172 e. The van der Waals surface area contributed by atoms with Crippen LogP contribution in [0.4, 0.5) is 0 Å². The third-order valence-electron chi connectivity index (χ3n) is 4.02. The molecule has 0 amide bonds. The number of carbonyl (C=O) groups is 1. The van der Waals surface area contributed by atoms with Gasteiger partial charge in [-0.05, 0) is 34.8 Å². The van der Waals surface area contributed by atoms with E-state index in [4.69, 9.17) is 15.2 Å². The molecule has 5 heteroatoms. The summed E-state index contributed by atoms with van der Waals surface area (Å²) >= 11 is 3.43. The first kappa shape index (κ1) is 14.3. The standard InChI is InChI=1S/C14H18BrNO3/c1-18-12-9(7-17)11(15)6-10(13(12)19-2)14(8-16)4-3-5-14/h6-7H,3-5,8,16H2,1-2H3. The Kier molecular flexibility index (Phi) is 4.16. The molecule has 0 atom stereocenters. The van der Waals surface area contributed by atoms with Gasteiger partial charge in [0.25, 0.3) is 0 Å². The Morgan fingerprint density at radius 2 is 2.00 bits per heavy atom. The molecule has 19 heavy (non-hydrogen) atoms. The first-order valence-corrected chi connectivity index (χ1v) is 7.03. The number of halogens is 1. The lowest BCUT2D eigenvalue weighted by Gasteiger charge is -2.42. The van der Waals surface area contributed by atoms with Gasteiger partial charge >= 0.3 is 0 Å². The summed E-state index contributed by atoms with van der Waals surface area (Å²) in [4.78, 5) is 11.2. The maximum atomic E-state index is 11.2. The lowest BCUT2D eigenvalue weighted by Crippen LogP contribution is -2.41. The highest BCUT2D eigenvalue weighted by Gasteiger charge is 2.41. The smallest absolute Gasteiger partial charge is 0.172 e. The highest BCUT2D eigenvalue weighted by molar-refractivity contribution is 9.10. The van der Waals surface area contributed by atoms with E-state index < -0.39 is 0 Å². The van der Waals surface area contributed by atoms with E-state index in [1.54, 1.807) is 7.11 Å². The van der Waals surface area contributed by atoms with Crippen molar-refractivity contribution in [2.45, 2.75) is 24.7 Å². The van der Waals surface area contributed by atoms with Crippen molar-refractivity contribution >= 4 is 22.2 Å². The number of aldehydes is 1. The number of methoxy groups -OCH3 is 2. The molecule has 4 nitrogen and oxygen atoms in total. The van der Waals surface area contributed by atoms with Crippen molar-refractivity contribution in [1.29, 1.82) is 0 Å². The molecule has 0 aliphatic heterocycles. The lowest BCUT2D eigenvalue weighted by molar-refractivity contribution is 0.111. The van der Waals surface area contributed by atoms with Crippen molar-refractivity contribution in [2.24, 2.45) is 5.73 Å². The second-order valence-corrected chi connectivity index (χ2v) is 5.70. The van der Waals surface area contributed by atoms with Crippen LogP contribution in [-0.2, 0) is 5.41 Å². The van der Waals surface area contributed by atoms with Gasteiger partial charge in [-0.25, -0.2) is 0 Å². The third-order valence-corrected chi connectivity index (χ3v) is 4.68. The average molecular weight is 328 g/mol. The van der Waals surface area contributed by atoms with E-state index in [0.717, 1.165) is 35.6 Å². The Labute approximate surface area is 121 Å². The summed E-state index contributed by atoms with van der Waals surface area (Å²) in [5.41, 5.74) is 7.40. The Hall–Kier alpha value is -1.07. The monoisotopic (exact) mass is 327 g/mol. The molecule has 104 valence electrons. The number of rotatable bonds is 5. The van der Waals surface area contributed by atoms with E-state index >= 15 is 0 Å². The fourth-order valence-electron chi connectivity index (χ4n) is 2.72. The van der Waals surface area contributed by atoms with Crippen molar-refractivity contribution in [2.75, 3.05) is 20.8 Å². The first-order chi connectivity index (χ1) is 9.13. The number of hydrogen-bond donors (Lipinski definition) is 1. The zero-order valence-corrected chi connectivity index (χ0v) is 12.7. The van der Waals surface area contributed by atoms with Crippen molar-refractivity contribution in [3.05, 3.63) is 21.7 Å². The van der Waals surface area contributed by atoms with Gasteiger partial charge in [0.2, 0.25) is 0 Å². The number of nitrogens with two attached hydrogens (primary N) is 1. The molecule has 1 aromatic carbocycles. The molecule has 0 spiro atoms. The number of ether oxygens (including phenoxy) is 2. The van der Waals surface area contributed by atoms with Crippen LogP contribution in [0.5, 0.6) is 11.5 Å². The first-order valence-electron chi connectivity index (χ1n) is 6.23. The van der Waals surface area contributed by atoms with E-state index in [0.29, 0.717) is 23.6 Å². The molecule has 1 saturated carbocycles. The van der Waals surface area contributed by atoms with Gasteiger partial charge in [0.15, 0.2) is 17.8 Å². The predicted octanol–water partition coefficient (Wildman–Crippen LogP) is 2.66. The zero-order chi connectivity index (χ0) is 14.0. The summed E-state index contributed by atoms with van der Waals surface area (Å²) in [6, 6.07) is 1.94. The second kappa shape index (κ2) is 5.51. The zero-order valence-electron chi connectivity index (χ0n) is 11.2. The van der Waals surface area contributed by atoms with Gasteiger partial charge < -0.3 is 15.2 Å². The third kappa shape index (κ3) is 2.15. The molecule has 1 fully saturated rings. The minimum Gasteiger partial charge on any atom is -0.493 e. The van der Waals surface area contributed by atoms with E-state index in [-0.39, 0.29) is 5.41 Å². The molecule has 0 radical (unpaired) electrons. The van der Waals surface area contributed by atoms with Crippen LogP contribution >= 0.6 is 15.9 Å². The van der Waals surface area contributed by atoms with Crippen LogP contribution in [0, 0.1) is 0 Å². The summed E-state index contributed by atoms with van der Waals surface area (Å²) in [6.07, 6.45) is 4.01. The molecule has 0 saturated heterocycles. The predicted molar refractivity (Wildman–Crippen MR) is 77.2 cm³/mol.